The van der Waals surface area contributed by atoms with Crippen molar-refractivity contribution in [1.29, 1.82) is 5.26 Å². The molecule has 1 aromatic carbocycles. The van der Waals surface area contributed by atoms with E-state index in [2.05, 4.69) is 4.99 Å². The van der Waals surface area contributed by atoms with Gasteiger partial charge < -0.3 is 15.4 Å². The van der Waals surface area contributed by atoms with Crippen molar-refractivity contribution in [2.24, 2.45) is 4.99 Å². The van der Waals surface area contributed by atoms with Gasteiger partial charge in [0.05, 0.1) is 36.4 Å². The van der Waals surface area contributed by atoms with Gasteiger partial charge in [0.1, 0.15) is 6.07 Å². The van der Waals surface area contributed by atoms with Crippen molar-refractivity contribution >= 4 is 29.5 Å². The summed E-state index contributed by atoms with van der Waals surface area (Å²) in [5, 5.41) is 8.84. The number of hydrogen-bond acceptors (Lipinski definition) is 5. The van der Waals surface area contributed by atoms with Crippen molar-refractivity contribution in [2.45, 2.75) is 6.18 Å². The van der Waals surface area contributed by atoms with E-state index in [1.807, 2.05) is 11.8 Å². The fourth-order valence-corrected chi connectivity index (χ4v) is 2.38. The Kier molecular flexibility index (Phi) is 7.88. The highest BCUT2D eigenvalue weighted by atomic mass is 32.2. The number of nitriles is 1. The lowest BCUT2D eigenvalue weighted by molar-refractivity contribution is -0.137. The molecule has 1 heterocycles. The molecule has 0 atom stereocenters. The summed E-state index contributed by atoms with van der Waals surface area (Å²) in [6, 6.07) is 3.47. The third-order valence-electron chi connectivity index (χ3n) is 2.73. The molecular weight excluding hydrogens is 341 g/mol. The molecule has 0 bridgehead atoms. The van der Waals surface area contributed by atoms with Gasteiger partial charge in [-0.15, -0.1) is 0 Å². The molecule has 1 fully saturated rings. The zero-order valence-corrected chi connectivity index (χ0v) is 14.2. The minimum absolute atomic E-state index is 0.0905. The number of benzene rings is 1. The summed E-state index contributed by atoms with van der Waals surface area (Å²) in [7, 11) is 3.32. The zero-order valence-electron chi connectivity index (χ0n) is 13.4. The predicted molar refractivity (Wildman–Crippen MR) is 90.6 cm³/mol. The Labute approximate surface area is 143 Å². The molecular formula is C15H19F3N4OS. The largest absolute Gasteiger partial charge is 0.417 e. The number of nitrogen functional groups attached to an aromatic ring is 1. The monoisotopic (exact) mass is 360 g/mol. The van der Waals surface area contributed by atoms with Crippen LogP contribution in [0, 0.1) is 11.3 Å². The van der Waals surface area contributed by atoms with E-state index in [9.17, 15) is 13.2 Å². The first-order valence-corrected chi connectivity index (χ1v) is 8.18. The lowest BCUT2D eigenvalue weighted by atomic mass is 10.0. The lowest BCUT2D eigenvalue weighted by Gasteiger charge is -2.12. The van der Waals surface area contributed by atoms with E-state index in [0.29, 0.717) is 0 Å². The van der Waals surface area contributed by atoms with Crippen molar-refractivity contribution < 1.29 is 17.9 Å². The van der Waals surface area contributed by atoms with Crippen LogP contribution in [0.4, 0.5) is 24.5 Å². The second kappa shape index (κ2) is 9.39. The van der Waals surface area contributed by atoms with Crippen molar-refractivity contribution in [1.82, 2.24) is 4.90 Å². The van der Waals surface area contributed by atoms with Gasteiger partial charge in [0.25, 0.3) is 0 Å². The van der Waals surface area contributed by atoms with Crippen molar-refractivity contribution in [2.75, 3.05) is 44.5 Å². The number of nitrogens with zero attached hydrogens (tertiary/aromatic N) is 3. The number of halogens is 3. The van der Waals surface area contributed by atoms with Gasteiger partial charge in [-0.1, -0.05) is 0 Å². The number of aliphatic imine (C=N–C) groups is 1. The van der Waals surface area contributed by atoms with Gasteiger partial charge in [-0.05, 0) is 12.1 Å². The standard InChI is InChI=1S/C11H11F3N4.C4H8OS/c1-18(2)6-17-10-4-7(16)3-9(8(10)5-15)11(12,13)14;1-3-6-4-2-5-1/h3-4,6H,16H2,1-2H3;1-4H2. The van der Waals surface area contributed by atoms with Crippen LogP contribution in [0.15, 0.2) is 17.1 Å². The van der Waals surface area contributed by atoms with Gasteiger partial charge in [-0.25, -0.2) is 4.99 Å². The smallest absolute Gasteiger partial charge is 0.399 e. The second-order valence-electron chi connectivity index (χ2n) is 5.01. The van der Waals surface area contributed by atoms with E-state index in [1.165, 1.54) is 34.9 Å². The summed E-state index contributed by atoms with van der Waals surface area (Å²) in [5.41, 5.74) is 3.59. The van der Waals surface area contributed by atoms with Gasteiger partial charge in [-0.3, -0.25) is 0 Å². The second-order valence-corrected chi connectivity index (χ2v) is 6.23. The number of hydrogen-bond donors (Lipinski definition) is 1. The van der Waals surface area contributed by atoms with Crippen LogP contribution in [-0.4, -0.2) is 50.1 Å². The summed E-state index contributed by atoms with van der Waals surface area (Å²) in [4.78, 5) is 5.35. The van der Waals surface area contributed by atoms with Crippen LogP contribution in [-0.2, 0) is 10.9 Å². The molecule has 5 nitrogen and oxygen atoms in total. The van der Waals surface area contributed by atoms with Gasteiger partial charge >= 0.3 is 6.18 Å². The SMILES string of the molecule is C1CSCCO1.CN(C)C=Nc1cc(N)cc(C(F)(F)F)c1C#N. The molecule has 0 saturated carbocycles. The fourth-order valence-electron chi connectivity index (χ4n) is 1.71. The molecule has 0 unspecified atom stereocenters. The number of alkyl halides is 3. The number of rotatable bonds is 2. The Morgan fingerprint density at radius 3 is 2.33 bits per heavy atom. The normalized spacial score (nSPS) is 14.7. The lowest BCUT2D eigenvalue weighted by Crippen LogP contribution is -2.10. The molecule has 0 aliphatic carbocycles. The Hall–Kier alpha value is -1.92. The summed E-state index contributed by atoms with van der Waals surface area (Å²) < 4.78 is 43.2. The first-order chi connectivity index (χ1) is 11.3. The maximum absolute atomic E-state index is 12.7. The average molecular weight is 360 g/mol. The van der Waals surface area contributed by atoms with Gasteiger partial charge in [0.2, 0.25) is 0 Å². The van der Waals surface area contributed by atoms with E-state index in [1.54, 1.807) is 14.1 Å². The van der Waals surface area contributed by atoms with E-state index >= 15 is 0 Å². The first-order valence-electron chi connectivity index (χ1n) is 7.02. The Morgan fingerprint density at radius 2 is 1.96 bits per heavy atom. The summed E-state index contributed by atoms with van der Waals surface area (Å²) >= 11 is 1.97. The van der Waals surface area contributed by atoms with E-state index < -0.39 is 17.3 Å². The molecule has 24 heavy (non-hydrogen) atoms. The molecule has 0 radical (unpaired) electrons. The van der Waals surface area contributed by atoms with E-state index in [0.717, 1.165) is 19.3 Å². The van der Waals surface area contributed by atoms with Gasteiger partial charge in [-0.2, -0.15) is 30.2 Å². The van der Waals surface area contributed by atoms with Gasteiger partial charge in [0.15, 0.2) is 0 Å². The maximum Gasteiger partial charge on any atom is 0.417 e. The third-order valence-corrected chi connectivity index (χ3v) is 3.64. The minimum Gasteiger partial charge on any atom is -0.399 e. The molecule has 1 aliphatic heterocycles. The van der Waals surface area contributed by atoms with Gasteiger partial charge in [0, 0.05) is 31.3 Å². The van der Waals surface area contributed by atoms with E-state index in [-0.39, 0.29) is 11.4 Å². The number of ether oxygens (including phenoxy) is 1. The molecule has 0 aromatic heterocycles. The van der Waals surface area contributed by atoms with Crippen LogP contribution in [0.3, 0.4) is 0 Å². The topological polar surface area (TPSA) is 74.6 Å². The molecule has 1 saturated heterocycles. The van der Waals surface area contributed by atoms with Crippen LogP contribution in [0.25, 0.3) is 0 Å². The third kappa shape index (κ3) is 6.68. The highest BCUT2D eigenvalue weighted by molar-refractivity contribution is 7.99. The highest BCUT2D eigenvalue weighted by Crippen LogP contribution is 2.37. The Morgan fingerprint density at radius 1 is 1.33 bits per heavy atom. The van der Waals surface area contributed by atoms with Crippen molar-refractivity contribution in [3.05, 3.63) is 23.3 Å². The predicted octanol–water partition coefficient (Wildman–Crippen LogP) is 3.13. The summed E-state index contributed by atoms with van der Waals surface area (Å²) in [5.74, 6) is 2.39. The van der Waals surface area contributed by atoms with Crippen LogP contribution < -0.4 is 5.73 Å². The number of thioether (sulfide) groups is 1. The quantitative estimate of drug-likeness (QED) is 0.498. The summed E-state index contributed by atoms with van der Waals surface area (Å²) in [6.45, 7) is 1.93. The van der Waals surface area contributed by atoms with Crippen LogP contribution in [0.2, 0.25) is 0 Å². The van der Waals surface area contributed by atoms with Crippen molar-refractivity contribution in [3.8, 4) is 6.07 Å². The highest BCUT2D eigenvalue weighted by Gasteiger charge is 2.35. The molecule has 1 aromatic rings. The Bertz CT molecular complexity index is 596. The molecule has 0 amide bonds. The summed E-state index contributed by atoms with van der Waals surface area (Å²) in [6.07, 6.45) is -3.33. The first kappa shape index (κ1) is 20.1. The van der Waals surface area contributed by atoms with Crippen LogP contribution in [0.5, 0.6) is 0 Å². The molecule has 9 heteroatoms. The zero-order chi connectivity index (χ0) is 18.2. The molecule has 1 aliphatic rings. The number of anilines is 1. The molecule has 0 spiro atoms. The molecule has 2 rings (SSSR count). The molecule has 132 valence electrons. The van der Waals surface area contributed by atoms with Crippen LogP contribution in [0.1, 0.15) is 11.1 Å². The van der Waals surface area contributed by atoms with Crippen molar-refractivity contribution in [3.63, 3.8) is 0 Å². The van der Waals surface area contributed by atoms with E-state index in [4.69, 9.17) is 15.7 Å². The van der Waals surface area contributed by atoms with Crippen LogP contribution >= 0.6 is 11.8 Å². The average Bonchev–Trinajstić information content (AvgIpc) is 2.53. The maximum atomic E-state index is 12.7. The fraction of sp³-hybridized carbons (Fsp3) is 0.467. The molecule has 2 N–H and O–H groups in total. The minimum atomic E-state index is -4.64. The Balaban J connectivity index is 0.000000400. The number of nitrogens with two attached hydrogens (primary N) is 1.